The second-order valence-corrected chi connectivity index (χ2v) is 5.32. The molecule has 2 N–H and O–H groups in total. The van der Waals surface area contributed by atoms with Crippen molar-refractivity contribution in [2.45, 2.75) is 20.0 Å². The first-order valence-corrected chi connectivity index (χ1v) is 7.46. The number of nitrogens with one attached hydrogen (secondary N) is 1. The quantitative estimate of drug-likeness (QED) is 0.631. The Morgan fingerprint density at radius 2 is 2.00 bits per heavy atom. The lowest BCUT2D eigenvalue weighted by atomic mass is 10.2. The molecule has 6 heteroatoms. The molecule has 0 bridgehead atoms. The van der Waals surface area contributed by atoms with Crippen LogP contribution in [0.25, 0.3) is 0 Å². The van der Waals surface area contributed by atoms with Gasteiger partial charge in [0.1, 0.15) is 17.2 Å². The number of amides is 1. The molecule has 2 rings (SSSR count). The van der Waals surface area contributed by atoms with E-state index >= 15 is 0 Å². The number of methoxy groups -OCH3 is 1. The maximum atomic E-state index is 12.0. The maximum Gasteiger partial charge on any atom is 0.271 e. The van der Waals surface area contributed by atoms with Crippen LogP contribution in [0, 0.1) is 0 Å². The number of phenolic OH excluding ortho intramolecular Hbond substituents is 1. The molecule has 0 spiro atoms. The molecule has 0 saturated heterocycles. The van der Waals surface area contributed by atoms with Crippen molar-refractivity contribution < 1.29 is 19.4 Å². The van der Waals surface area contributed by atoms with Gasteiger partial charge in [-0.15, -0.1) is 0 Å². The highest BCUT2D eigenvalue weighted by molar-refractivity contribution is 5.95. The van der Waals surface area contributed by atoms with Crippen LogP contribution in [0.5, 0.6) is 17.2 Å². The zero-order valence-electron chi connectivity index (χ0n) is 13.8. The summed E-state index contributed by atoms with van der Waals surface area (Å²) in [5.74, 6) is 0.807. The van der Waals surface area contributed by atoms with Crippen molar-refractivity contribution in [2.75, 3.05) is 7.11 Å². The highest BCUT2D eigenvalue weighted by atomic mass is 16.5. The SMILES string of the molecule is COc1cccc(C(=O)N/N=C\c2ccc(OC(C)C)cc2O)c1. The van der Waals surface area contributed by atoms with E-state index in [0.717, 1.165) is 0 Å². The van der Waals surface area contributed by atoms with E-state index in [-0.39, 0.29) is 17.8 Å². The van der Waals surface area contributed by atoms with Crippen LogP contribution in [0.2, 0.25) is 0 Å². The standard InChI is InChI=1S/C18H20N2O4/c1-12(2)24-16-8-7-14(17(21)10-16)11-19-20-18(22)13-5-4-6-15(9-13)23-3/h4-12,21H,1-3H3,(H,20,22)/b19-11-. The van der Waals surface area contributed by atoms with Crippen molar-refractivity contribution in [1.82, 2.24) is 5.43 Å². The Balaban J connectivity index is 2.01. The Morgan fingerprint density at radius 1 is 1.21 bits per heavy atom. The molecule has 0 saturated carbocycles. The minimum Gasteiger partial charge on any atom is -0.507 e. The van der Waals surface area contributed by atoms with Crippen molar-refractivity contribution in [1.29, 1.82) is 0 Å². The van der Waals surface area contributed by atoms with Crippen LogP contribution in [0.4, 0.5) is 0 Å². The van der Waals surface area contributed by atoms with E-state index in [9.17, 15) is 9.90 Å². The summed E-state index contributed by atoms with van der Waals surface area (Å²) >= 11 is 0. The van der Waals surface area contributed by atoms with Crippen molar-refractivity contribution in [3.05, 3.63) is 53.6 Å². The van der Waals surface area contributed by atoms with E-state index in [0.29, 0.717) is 22.6 Å². The Labute approximate surface area is 140 Å². The zero-order valence-corrected chi connectivity index (χ0v) is 13.8. The Kier molecular flexibility index (Phi) is 5.78. The van der Waals surface area contributed by atoms with E-state index in [1.54, 1.807) is 36.4 Å². The molecule has 126 valence electrons. The number of hydrazone groups is 1. The molecule has 6 nitrogen and oxygen atoms in total. The van der Waals surface area contributed by atoms with Crippen molar-refractivity contribution in [3.63, 3.8) is 0 Å². The molecule has 0 aliphatic carbocycles. The molecule has 0 aliphatic rings. The van der Waals surface area contributed by atoms with E-state index in [4.69, 9.17) is 9.47 Å². The van der Waals surface area contributed by atoms with Gasteiger partial charge in [-0.3, -0.25) is 4.79 Å². The number of rotatable bonds is 6. The minimum atomic E-state index is -0.371. The van der Waals surface area contributed by atoms with Crippen molar-refractivity contribution in [3.8, 4) is 17.2 Å². The van der Waals surface area contributed by atoms with Crippen LogP contribution in [0.1, 0.15) is 29.8 Å². The molecule has 0 atom stereocenters. The van der Waals surface area contributed by atoms with Crippen LogP contribution in [0.15, 0.2) is 47.6 Å². The summed E-state index contributed by atoms with van der Waals surface area (Å²) in [4.78, 5) is 12.0. The lowest BCUT2D eigenvalue weighted by Gasteiger charge is -2.10. The van der Waals surface area contributed by atoms with Gasteiger partial charge >= 0.3 is 0 Å². The topological polar surface area (TPSA) is 80.2 Å². The number of hydrogen-bond donors (Lipinski definition) is 2. The fourth-order valence-corrected chi connectivity index (χ4v) is 1.97. The molecule has 2 aromatic rings. The lowest BCUT2D eigenvalue weighted by Crippen LogP contribution is -2.17. The van der Waals surface area contributed by atoms with Gasteiger partial charge in [0.2, 0.25) is 0 Å². The number of nitrogens with zero attached hydrogens (tertiary/aromatic N) is 1. The summed E-state index contributed by atoms with van der Waals surface area (Å²) in [6.07, 6.45) is 1.39. The van der Waals surface area contributed by atoms with Crippen LogP contribution in [0.3, 0.4) is 0 Å². The van der Waals surface area contributed by atoms with Crippen LogP contribution in [-0.4, -0.2) is 30.4 Å². The summed E-state index contributed by atoms with van der Waals surface area (Å²) in [6.45, 7) is 3.81. The van der Waals surface area contributed by atoms with E-state index in [2.05, 4.69) is 10.5 Å². The highest BCUT2D eigenvalue weighted by Crippen LogP contribution is 2.23. The number of ether oxygens (including phenoxy) is 2. The Hall–Kier alpha value is -3.02. The van der Waals surface area contributed by atoms with Gasteiger partial charge in [0.15, 0.2) is 0 Å². The fourth-order valence-electron chi connectivity index (χ4n) is 1.97. The monoisotopic (exact) mass is 328 g/mol. The number of carbonyl (C=O) groups is 1. The van der Waals surface area contributed by atoms with Gasteiger partial charge in [0, 0.05) is 17.2 Å². The number of phenols is 1. The average molecular weight is 328 g/mol. The number of benzene rings is 2. The van der Waals surface area contributed by atoms with Gasteiger partial charge in [0.05, 0.1) is 19.4 Å². The lowest BCUT2D eigenvalue weighted by molar-refractivity contribution is 0.0954. The summed E-state index contributed by atoms with van der Waals surface area (Å²) in [5.41, 5.74) is 3.30. The van der Waals surface area contributed by atoms with Gasteiger partial charge in [-0.2, -0.15) is 5.10 Å². The van der Waals surface area contributed by atoms with Crippen molar-refractivity contribution >= 4 is 12.1 Å². The highest BCUT2D eigenvalue weighted by Gasteiger charge is 2.06. The molecule has 0 fully saturated rings. The predicted octanol–water partition coefficient (Wildman–Crippen LogP) is 2.95. The van der Waals surface area contributed by atoms with Gasteiger partial charge < -0.3 is 14.6 Å². The number of hydrogen-bond acceptors (Lipinski definition) is 5. The smallest absolute Gasteiger partial charge is 0.271 e. The normalized spacial score (nSPS) is 10.8. The summed E-state index contributed by atoms with van der Waals surface area (Å²) in [5, 5.41) is 13.8. The number of aromatic hydroxyl groups is 1. The first kappa shape index (κ1) is 17.3. The number of carbonyl (C=O) groups excluding carboxylic acids is 1. The Morgan fingerprint density at radius 3 is 2.67 bits per heavy atom. The largest absolute Gasteiger partial charge is 0.507 e. The minimum absolute atomic E-state index is 0.0195. The van der Waals surface area contributed by atoms with Gasteiger partial charge in [-0.05, 0) is 44.2 Å². The molecule has 0 aromatic heterocycles. The van der Waals surface area contributed by atoms with E-state index < -0.39 is 0 Å². The van der Waals surface area contributed by atoms with Gasteiger partial charge in [-0.25, -0.2) is 5.43 Å². The molecule has 24 heavy (non-hydrogen) atoms. The van der Waals surface area contributed by atoms with Crippen LogP contribution < -0.4 is 14.9 Å². The second kappa shape index (κ2) is 8.01. The molecule has 2 aromatic carbocycles. The first-order chi connectivity index (χ1) is 11.5. The fraction of sp³-hybridized carbons (Fsp3) is 0.222. The molecular formula is C18H20N2O4. The van der Waals surface area contributed by atoms with Gasteiger partial charge in [0.25, 0.3) is 5.91 Å². The predicted molar refractivity (Wildman–Crippen MR) is 91.9 cm³/mol. The molecule has 1 amide bonds. The van der Waals surface area contributed by atoms with E-state index in [1.807, 2.05) is 13.8 Å². The molecular weight excluding hydrogens is 308 g/mol. The van der Waals surface area contributed by atoms with Crippen LogP contribution in [-0.2, 0) is 0 Å². The van der Waals surface area contributed by atoms with Gasteiger partial charge in [-0.1, -0.05) is 6.07 Å². The zero-order chi connectivity index (χ0) is 17.5. The second-order valence-electron chi connectivity index (χ2n) is 5.32. The summed E-state index contributed by atoms with van der Waals surface area (Å²) < 4.78 is 10.6. The van der Waals surface area contributed by atoms with Crippen molar-refractivity contribution in [2.24, 2.45) is 5.10 Å². The van der Waals surface area contributed by atoms with Crippen LogP contribution >= 0.6 is 0 Å². The third-order valence-electron chi connectivity index (χ3n) is 3.08. The Bertz CT molecular complexity index is 742. The molecule has 0 heterocycles. The molecule has 0 unspecified atom stereocenters. The third-order valence-corrected chi connectivity index (χ3v) is 3.08. The third kappa shape index (κ3) is 4.74. The maximum absolute atomic E-state index is 12.0. The molecule has 0 aliphatic heterocycles. The summed E-state index contributed by atoms with van der Waals surface area (Å²) in [6, 6.07) is 11.6. The first-order valence-electron chi connectivity index (χ1n) is 7.46. The van der Waals surface area contributed by atoms with E-state index in [1.165, 1.54) is 19.4 Å². The molecule has 0 radical (unpaired) electrons. The average Bonchev–Trinajstić information content (AvgIpc) is 2.56. The summed E-state index contributed by atoms with van der Waals surface area (Å²) in [7, 11) is 1.53.